The third-order valence-corrected chi connectivity index (χ3v) is 3.74. The first-order chi connectivity index (χ1) is 8.68. The topological polar surface area (TPSA) is 41.1 Å². The molecule has 0 aliphatic carbocycles. The van der Waals surface area contributed by atoms with Crippen LogP contribution in [0.2, 0.25) is 5.02 Å². The number of amides is 1. The lowest BCUT2D eigenvalue weighted by molar-refractivity contribution is -0.126. The Hall–Kier alpha value is -1.06. The molecule has 3 nitrogen and oxygen atoms in total. The second-order valence-electron chi connectivity index (χ2n) is 4.80. The van der Waals surface area contributed by atoms with Crippen molar-refractivity contribution in [1.82, 2.24) is 10.6 Å². The summed E-state index contributed by atoms with van der Waals surface area (Å²) in [5.74, 6) is 0.207. The summed E-state index contributed by atoms with van der Waals surface area (Å²) >= 11 is 6.12. The van der Waals surface area contributed by atoms with Gasteiger partial charge in [0.1, 0.15) is 0 Å². The van der Waals surface area contributed by atoms with Crippen molar-refractivity contribution < 1.29 is 4.79 Å². The van der Waals surface area contributed by atoms with Crippen molar-refractivity contribution in [3.8, 4) is 0 Å². The third kappa shape index (κ3) is 3.24. The van der Waals surface area contributed by atoms with Crippen LogP contribution in [-0.4, -0.2) is 19.0 Å². The maximum atomic E-state index is 12.1. The number of piperidine rings is 1. The number of hydrogen-bond donors (Lipinski definition) is 2. The summed E-state index contributed by atoms with van der Waals surface area (Å²) in [4.78, 5) is 12.1. The van der Waals surface area contributed by atoms with E-state index < -0.39 is 0 Å². The molecule has 1 heterocycles. The van der Waals surface area contributed by atoms with Gasteiger partial charge >= 0.3 is 0 Å². The molecule has 0 radical (unpaired) electrons. The van der Waals surface area contributed by atoms with Gasteiger partial charge in [-0.2, -0.15) is 0 Å². The van der Waals surface area contributed by atoms with Gasteiger partial charge in [-0.25, -0.2) is 0 Å². The minimum absolute atomic E-state index is 0.0480. The lowest BCUT2D eigenvalue weighted by Crippen LogP contribution is -2.41. The van der Waals surface area contributed by atoms with Crippen LogP contribution in [0, 0.1) is 5.92 Å². The number of rotatable bonds is 3. The Kier molecular flexibility index (Phi) is 4.61. The van der Waals surface area contributed by atoms with Gasteiger partial charge in [-0.3, -0.25) is 4.79 Å². The molecule has 1 fully saturated rings. The lowest BCUT2D eigenvalue weighted by atomic mass is 9.98. The van der Waals surface area contributed by atoms with Crippen LogP contribution in [0.5, 0.6) is 0 Å². The third-order valence-electron chi connectivity index (χ3n) is 3.40. The van der Waals surface area contributed by atoms with Crippen LogP contribution in [0.1, 0.15) is 31.4 Å². The van der Waals surface area contributed by atoms with Crippen LogP contribution in [-0.2, 0) is 4.79 Å². The van der Waals surface area contributed by atoms with Crippen LogP contribution >= 0.6 is 11.6 Å². The normalized spacial score (nSPS) is 21.3. The number of carbonyl (C=O) groups excluding carboxylic acids is 1. The van der Waals surface area contributed by atoms with Crippen LogP contribution < -0.4 is 10.6 Å². The average molecular weight is 267 g/mol. The van der Waals surface area contributed by atoms with Crippen LogP contribution in [0.4, 0.5) is 0 Å². The molecule has 1 aliphatic heterocycles. The van der Waals surface area contributed by atoms with Gasteiger partial charge in [-0.05, 0) is 37.9 Å². The Morgan fingerprint density at radius 1 is 1.50 bits per heavy atom. The molecule has 4 heteroatoms. The molecule has 18 heavy (non-hydrogen) atoms. The van der Waals surface area contributed by atoms with Crippen molar-refractivity contribution in [3.05, 3.63) is 34.9 Å². The smallest absolute Gasteiger partial charge is 0.224 e. The molecule has 1 aromatic rings. The Bertz CT molecular complexity index is 416. The maximum absolute atomic E-state index is 12.1. The summed E-state index contributed by atoms with van der Waals surface area (Å²) < 4.78 is 0. The number of halogens is 1. The van der Waals surface area contributed by atoms with E-state index in [0.29, 0.717) is 5.02 Å². The minimum atomic E-state index is -0.0480. The zero-order valence-corrected chi connectivity index (χ0v) is 11.3. The molecule has 2 atom stereocenters. The predicted octanol–water partition coefficient (Wildman–Crippen LogP) is 2.52. The highest BCUT2D eigenvalue weighted by atomic mass is 35.5. The molecule has 98 valence electrons. The van der Waals surface area contributed by atoms with Gasteiger partial charge < -0.3 is 10.6 Å². The van der Waals surface area contributed by atoms with Gasteiger partial charge in [-0.1, -0.05) is 29.8 Å². The largest absolute Gasteiger partial charge is 0.349 e. The van der Waals surface area contributed by atoms with Gasteiger partial charge in [0.25, 0.3) is 0 Å². The van der Waals surface area contributed by atoms with Crippen molar-refractivity contribution in [3.63, 3.8) is 0 Å². The minimum Gasteiger partial charge on any atom is -0.349 e. The molecule has 1 aliphatic rings. The van der Waals surface area contributed by atoms with Crippen LogP contribution in [0.25, 0.3) is 0 Å². The first-order valence-corrected chi connectivity index (χ1v) is 6.82. The van der Waals surface area contributed by atoms with Gasteiger partial charge in [0.15, 0.2) is 0 Å². The monoisotopic (exact) mass is 266 g/mol. The van der Waals surface area contributed by atoms with Crippen molar-refractivity contribution in [2.75, 3.05) is 13.1 Å². The first-order valence-electron chi connectivity index (χ1n) is 6.44. The molecule has 0 bridgehead atoms. The molecule has 1 saturated heterocycles. The average Bonchev–Trinajstić information content (AvgIpc) is 2.40. The predicted molar refractivity (Wildman–Crippen MR) is 73.6 cm³/mol. The number of nitrogens with one attached hydrogen (secondary N) is 2. The van der Waals surface area contributed by atoms with E-state index >= 15 is 0 Å². The Balaban J connectivity index is 1.96. The van der Waals surface area contributed by atoms with E-state index in [1.54, 1.807) is 0 Å². The Labute approximate surface area is 113 Å². The van der Waals surface area contributed by atoms with Crippen molar-refractivity contribution in [1.29, 1.82) is 0 Å². The molecule has 2 rings (SSSR count). The molecular weight excluding hydrogens is 248 g/mol. The summed E-state index contributed by atoms with van der Waals surface area (Å²) in [5.41, 5.74) is 0.969. The molecule has 0 spiro atoms. The van der Waals surface area contributed by atoms with E-state index in [1.807, 2.05) is 31.2 Å². The fourth-order valence-electron chi connectivity index (χ4n) is 2.31. The highest BCUT2D eigenvalue weighted by Gasteiger charge is 2.22. The SMILES string of the molecule is CC(NC(=O)[C@@H]1CCCNC1)c1ccccc1Cl. The highest BCUT2D eigenvalue weighted by Crippen LogP contribution is 2.22. The van der Waals surface area contributed by atoms with Crippen molar-refractivity contribution >= 4 is 17.5 Å². The van der Waals surface area contributed by atoms with Gasteiger partial charge in [0, 0.05) is 11.6 Å². The molecule has 2 N–H and O–H groups in total. The summed E-state index contributed by atoms with van der Waals surface area (Å²) in [6.45, 7) is 3.76. The summed E-state index contributed by atoms with van der Waals surface area (Å²) in [5, 5.41) is 7.00. The maximum Gasteiger partial charge on any atom is 0.224 e. The fourth-order valence-corrected chi connectivity index (χ4v) is 2.61. The molecular formula is C14H19ClN2O. The quantitative estimate of drug-likeness (QED) is 0.883. The first kappa shape index (κ1) is 13.4. The van der Waals surface area contributed by atoms with E-state index in [9.17, 15) is 4.79 Å². The Morgan fingerprint density at radius 3 is 2.94 bits per heavy atom. The molecule has 1 amide bonds. The number of benzene rings is 1. The van der Waals surface area contributed by atoms with Crippen molar-refractivity contribution in [2.45, 2.75) is 25.8 Å². The van der Waals surface area contributed by atoms with E-state index in [4.69, 9.17) is 11.6 Å². The number of carbonyl (C=O) groups is 1. The van der Waals surface area contributed by atoms with E-state index in [0.717, 1.165) is 31.5 Å². The Morgan fingerprint density at radius 2 is 2.28 bits per heavy atom. The lowest BCUT2D eigenvalue weighted by Gasteiger charge is -2.24. The van der Waals surface area contributed by atoms with Crippen LogP contribution in [0.3, 0.4) is 0 Å². The molecule has 1 aromatic carbocycles. The van der Waals surface area contributed by atoms with E-state index in [1.165, 1.54) is 0 Å². The zero-order chi connectivity index (χ0) is 13.0. The molecule has 1 unspecified atom stereocenters. The second-order valence-corrected chi connectivity index (χ2v) is 5.20. The second kappa shape index (κ2) is 6.21. The van der Waals surface area contributed by atoms with Gasteiger partial charge in [0.2, 0.25) is 5.91 Å². The van der Waals surface area contributed by atoms with Crippen LogP contribution in [0.15, 0.2) is 24.3 Å². The zero-order valence-electron chi connectivity index (χ0n) is 10.6. The summed E-state index contributed by atoms with van der Waals surface area (Å²) in [6, 6.07) is 7.58. The summed E-state index contributed by atoms with van der Waals surface area (Å²) in [6.07, 6.45) is 2.03. The fraction of sp³-hybridized carbons (Fsp3) is 0.500. The van der Waals surface area contributed by atoms with E-state index in [-0.39, 0.29) is 17.9 Å². The van der Waals surface area contributed by atoms with Gasteiger partial charge in [0.05, 0.1) is 12.0 Å². The summed E-state index contributed by atoms with van der Waals surface area (Å²) in [7, 11) is 0. The molecule has 0 saturated carbocycles. The number of hydrogen-bond acceptors (Lipinski definition) is 2. The van der Waals surface area contributed by atoms with E-state index in [2.05, 4.69) is 10.6 Å². The van der Waals surface area contributed by atoms with Crippen molar-refractivity contribution in [2.24, 2.45) is 5.92 Å². The standard InChI is InChI=1S/C14H19ClN2O/c1-10(12-6-2-3-7-13(12)15)17-14(18)11-5-4-8-16-9-11/h2-3,6-7,10-11,16H,4-5,8-9H2,1H3,(H,17,18)/t10?,11-/m1/s1. The highest BCUT2D eigenvalue weighted by molar-refractivity contribution is 6.31. The molecule has 0 aromatic heterocycles. The van der Waals surface area contributed by atoms with Gasteiger partial charge in [-0.15, -0.1) is 0 Å².